The van der Waals surface area contributed by atoms with Crippen molar-refractivity contribution >= 4 is 55.6 Å². The van der Waals surface area contributed by atoms with Crippen LogP contribution in [0.3, 0.4) is 0 Å². The fourth-order valence-corrected chi connectivity index (χ4v) is 8.05. The Morgan fingerprint density at radius 1 is 1.31 bits per heavy atom. The third-order valence-electron chi connectivity index (χ3n) is 7.92. The number of carbonyl (C=O) groups excluding carboxylic acids is 1. The van der Waals surface area contributed by atoms with Crippen LogP contribution in [0, 0.1) is 23.2 Å². The molecule has 24 heteroatoms. The SMILES string of the molecule is CC(C)C(=O)Nc1nc2c(ncn2[C@@H]2O[C@H](CO)[C@@H](F)[C@H]2OP(=S)(OCCC#N)OCC2C[C@@H](Nc3ccncn3)[C@H](F)[C@@H]2O[P+](=O)O)c(=O)[nH]1. The van der Waals surface area contributed by atoms with Crippen molar-refractivity contribution in [3.8, 4) is 6.07 Å². The summed E-state index contributed by atoms with van der Waals surface area (Å²) >= 11 is 5.63. The summed E-state index contributed by atoms with van der Waals surface area (Å²) in [5, 5.41) is 24.4. The lowest BCUT2D eigenvalue weighted by molar-refractivity contribution is -0.118. The summed E-state index contributed by atoms with van der Waals surface area (Å²) in [4.78, 5) is 53.1. The van der Waals surface area contributed by atoms with Crippen molar-refractivity contribution in [2.24, 2.45) is 11.8 Å². The van der Waals surface area contributed by atoms with Gasteiger partial charge < -0.3 is 24.2 Å². The molecule has 3 unspecified atom stereocenters. The number of halogens is 2. The van der Waals surface area contributed by atoms with E-state index in [1.807, 2.05) is 6.07 Å². The summed E-state index contributed by atoms with van der Waals surface area (Å²) in [6.45, 7) is -2.40. The summed E-state index contributed by atoms with van der Waals surface area (Å²) in [6.07, 6.45) is -6.33. The van der Waals surface area contributed by atoms with E-state index in [1.165, 1.54) is 18.6 Å². The number of rotatable bonds is 16. The van der Waals surface area contributed by atoms with Crippen molar-refractivity contribution in [3.05, 3.63) is 35.3 Å². The highest BCUT2D eigenvalue weighted by Crippen LogP contribution is 2.55. The first-order valence-corrected chi connectivity index (χ1v) is 19.1. The quantitative estimate of drug-likeness (QED) is 0.103. The fraction of sp³-hybridized carbons (Fsp3) is 0.593. The van der Waals surface area contributed by atoms with E-state index in [9.17, 15) is 24.2 Å². The molecule has 19 nitrogen and oxygen atoms in total. The number of ether oxygens (including phenoxy) is 1. The first kappa shape index (κ1) is 38.7. The number of nitrogens with zero attached hydrogens (tertiary/aromatic N) is 6. The van der Waals surface area contributed by atoms with E-state index in [1.54, 1.807) is 13.8 Å². The Bertz CT molecular complexity index is 1850. The average Bonchev–Trinajstić information content (AvgIpc) is 3.74. The maximum Gasteiger partial charge on any atom is 0.695 e. The number of aromatic amines is 1. The minimum Gasteiger partial charge on any atom is -0.394 e. The van der Waals surface area contributed by atoms with E-state index < -0.39 is 94.4 Å². The molecule has 0 spiro atoms. The molecule has 1 saturated carbocycles. The van der Waals surface area contributed by atoms with Crippen molar-refractivity contribution < 1.29 is 51.0 Å². The smallest absolute Gasteiger partial charge is 0.394 e. The molecular formula is C27H34F2N9O10P2S+. The zero-order valence-corrected chi connectivity index (χ0v) is 29.5. The number of carbonyl (C=O) groups is 1. The summed E-state index contributed by atoms with van der Waals surface area (Å²) in [5.74, 6) is -1.75. The predicted octanol–water partition coefficient (Wildman–Crippen LogP) is 2.16. The second-order valence-electron chi connectivity index (χ2n) is 11.7. The number of anilines is 2. The van der Waals surface area contributed by atoms with Crippen LogP contribution in [-0.2, 0) is 44.0 Å². The van der Waals surface area contributed by atoms with E-state index in [0.717, 1.165) is 10.9 Å². The Morgan fingerprint density at radius 3 is 2.76 bits per heavy atom. The number of hydrogen-bond acceptors (Lipinski definition) is 16. The van der Waals surface area contributed by atoms with Crippen LogP contribution >= 0.6 is 15.0 Å². The molecule has 1 amide bonds. The molecule has 0 bridgehead atoms. The van der Waals surface area contributed by atoms with Crippen molar-refractivity contribution in [1.29, 1.82) is 5.26 Å². The lowest BCUT2D eigenvalue weighted by Crippen LogP contribution is -2.33. The van der Waals surface area contributed by atoms with Crippen molar-refractivity contribution in [2.45, 2.75) is 69.6 Å². The number of H-pyrrole nitrogens is 1. The van der Waals surface area contributed by atoms with Crippen molar-refractivity contribution in [2.75, 3.05) is 30.5 Å². The molecule has 4 heterocycles. The lowest BCUT2D eigenvalue weighted by atomic mass is 10.1. The lowest BCUT2D eigenvalue weighted by Gasteiger charge is -2.29. The minimum absolute atomic E-state index is 0.00303. The van der Waals surface area contributed by atoms with E-state index in [2.05, 4.69) is 35.6 Å². The molecule has 3 aromatic heterocycles. The highest BCUT2D eigenvalue weighted by Gasteiger charge is 2.52. The van der Waals surface area contributed by atoms with Crippen LogP contribution in [0.1, 0.15) is 32.9 Å². The van der Waals surface area contributed by atoms with Gasteiger partial charge in [0, 0.05) is 22.6 Å². The Labute approximate surface area is 294 Å². The van der Waals surface area contributed by atoms with Gasteiger partial charge in [0.1, 0.15) is 24.4 Å². The number of nitrogens with one attached hydrogen (secondary N) is 3. The molecule has 0 radical (unpaired) electrons. The number of aliphatic hydroxyl groups is 1. The van der Waals surface area contributed by atoms with Gasteiger partial charge in [0.25, 0.3) is 5.56 Å². The zero-order valence-electron chi connectivity index (χ0n) is 26.9. The molecule has 5 N–H and O–H groups in total. The first-order valence-electron chi connectivity index (χ1n) is 15.5. The van der Waals surface area contributed by atoms with Gasteiger partial charge in [0.05, 0.1) is 44.7 Å². The van der Waals surface area contributed by atoms with Crippen LogP contribution in [0.5, 0.6) is 0 Å². The molecule has 1 aliphatic heterocycles. The van der Waals surface area contributed by atoms with Crippen LogP contribution in [0.2, 0.25) is 0 Å². The summed E-state index contributed by atoms with van der Waals surface area (Å²) in [5.41, 5.74) is -1.06. The summed E-state index contributed by atoms with van der Waals surface area (Å²) < 4.78 is 72.8. The van der Waals surface area contributed by atoms with Crippen LogP contribution < -0.4 is 16.2 Å². The molecule has 1 aliphatic carbocycles. The van der Waals surface area contributed by atoms with E-state index in [0.29, 0.717) is 0 Å². The van der Waals surface area contributed by atoms with E-state index >= 15 is 8.78 Å². The van der Waals surface area contributed by atoms with Gasteiger partial charge in [-0.25, -0.2) is 23.7 Å². The highest BCUT2D eigenvalue weighted by molar-refractivity contribution is 8.07. The Balaban J connectivity index is 1.42. The van der Waals surface area contributed by atoms with Gasteiger partial charge in [-0.1, -0.05) is 13.8 Å². The zero-order chi connectivity index (χ0) is 36.9. The molecule has 51 heavy (non-hydrogen) atoms. The molecule has 5 rings (SSSR count). The largest absolute Gasteiger partial charge is 0.695 e. The molecular weight excluding hydrogens is 742 g/mol. The van der Waals surface area contributed by atoms with Crippen LogP contribution in [0.25, 0.3) is 11.2 Å². The van der Waals surface area contributed by atoms with E-state index in [-0.39, 0.29) is 42.4 Å². The van der Waals surface area contributed by atoms with Crippen molar-refractivity contribution in [3.63, 3.8) is 0 Å². The van der Waals surface area contributed by atoms with Gasteiger partial charge in [-0.15, -0.1) is 9.42 Å². The Kier molecular flexibility index (Phi) is 12.8. The molecule has 0 aromatic carbocycles. The topological polar surface area (TPSA) is 258 Å². The second kappa shape index (κ2) is 16.9. The van der Waals surface area contributed by atoms with Gasteiger partial charge in [-0.3, -0.25) is 29.0 Å². The van der Waals surface area contributed by atoms with Gasteiger partial charge in [0.15, 0.2) is 35.8 Å². The second-order valence-corrected chi connectivity index (χ2v) is 15.4. The molecule has 2 fully saturated rings. The average molecular weight is 777 g/mol. The van der Waals surface area contributed by atoms with Gasteiger partial charge in [-0.05, 0) is 24.3 Å². The maximum atomic E-state index is 16.0. The fourth-order valence-electron chi connectivity index (χ4n) is 5.44. The number of aromatic nitrogens is 6. The first-order chi connectivity index (χ1) is 24.3. The summed E-state index contributed by atoms with van der Waals surface area (Å²) in [6, 6.07) is 2.43. The number of hydrogen-bond donors (Lipinski definition) is 5. The molecule has 10 atom stereocenters. The number of nitriles is 1. The molecule has 276 valence electrons. The molecule has 2 aliphatic rings. The number of aliphatic hydroxyl groups excluding tert-OH is 1. The Hall–Kier alpha value is -3.48. The monoisotopic (exact) mass is 776 g/mol. The van der Waals surface area contributed by atoms with Crippen LogP contribution in [0.4, 0.5) is 20.5 Å². The Morgan fingerprint density at radius 2 is 2.10 bits per heavy atom. The van der Waals surface area contributed by atoms with Crippen LogP contribution in [0.15, 0.2) is 29.7 Å². The normalized spacial score (nSPS) is 27.7. The van der Waals surface area contributed by atoms with E-state index in [4.69, 9.17) is 39.9 Å². The number of fused-ring (bicyclic) bond motifs is 1. The maximum absolute atomic E-state index is 16.0. The molecule has 1 saturated heterocycles. The van der Waals surface area contributed by atoms with Gasteiger partial charge in [-0.2, -0.15) is 10.2 Å². The minimum atomic E-state index is -4.09. The third-order valence-corrected chi connectivity index (χ3v) is 10.7. The molecule has 3 aromatic rings. The van der Waals surface area contributed by atoms with Gasteiger partial charge in [0.2, 0.25) is 11.9 Å². The number of imidazole rings is 1. The van der Waals surface area contributed by atoms with Crippen LogP contribution in [-0.4, -0.2) is 102 Å². The standard InChI is InChI=1S/C27H33F2N9O10P2S/c1-13(2)24(40)36-27-35-23-20(25(41)37-27)33-12-38(23)26-22(19(29)16(9-39)46-26)48-50(51,44-7-3-5-30)45-10-14-8-15(18(28)21(14)47-49(42)43)34-17-4-6-31-11-32-17/h4,6,11-16,18-19,21-22,26,39H,3,7-10H2,1-2H3,(H3-,31,32,34,35,36,37,40,41,42,43)/p+1/t14?,15-,16-,18+,19-,21-,22-,26-,50?/m1/s1. The van der Waals surface area contributed by atoms with Gasteiger partial charge >= 0.3 is 15.0 Å². The number of amides is 1. The third kappa shape index (κ3) is 9.13. The highest BCUT2D eigenvalue weighted by atomic mass is 32.5. The predicted molar refractivity (Wildman–Crippen MR) is 176 cm³/mol. The number of alkyl halides is 2. The summed E-state index contributed by atoms with van der Waals surface area (Å²) in [7, 11) is -3.24. The van der Waals surface area contributed by atoms with Crippen molar-refractivity contribution in [1.82, 2.24) is 29.5 Å².